The molecule has 0 aromatic heterocycles. The van der Waals surface area contributed by atoms with E-state index < -0.39 is 0 Å². The van der Waals surface area contributed by atoms with Gasteiger partial charge in [0.1, 0.15) is 11.5 Å². The Balaban J connectivity index is 2.38. The van der Waals surface area contributed by atoms with Gasteiger partial charge >= 0.3 is 0 Å². The minimum atomic E-state index is -0.0835. The van der Waals surface area contributed by atoms with E-state index in [0.717, 1.165) is 23.1 Å². The van der Waals surface area contributed by atoms with E-state index in [1.807, 2.05) is 25.1 Å². The second-order valence-electron chi connectivity index (χ2n) is 6.40. The molecule has 20 heavy (non-hydrogen) atoms. The van der Waals surface area contributed by atoms with Crippen molar-refractivity contribution in [3.63, 3.8) is 0 Å². The van der Waals surface area contributed by atoms with Gasteiger partial charge in [0.05, 0.1) is 0 Å². The van der Waals surface area contributed by atoms with Crippen LogP contribution < -0.4 is 0 Å². The zero-order valence-corrected chi connectivity index (χ0v) is 12.6. The van der Waals surface area contributed by atoms with E-state index in [1.165, 1.54) is 5.56 Å². The second kappa shape index (κ2) is 5.20. The molecule has 0 aliphatic carbocycles. The van der Waals surface area contributed by atoms with Crippen LogP contribution in [0.25, 0.3) is 0 Å². The molecule has 0 atom stereocenters. The lowest BCUT2D eigenvalue weighted by Crippen LogP contribution is -2.12. The van der Waals surface area contributed by atoms with Gasteiger partial charge in [-0.05, 0) is 53.1 Å². The number of phenols is 2. The minimum Gasteiger partial charge on any atom is -0.508 e. The Kier molecular flexibility index (Phi) is 3.76. The average molecular weight is 270 g/mol. The lowest BCUT2D eigenvalue weighted by Gasteiger charge is -2.22. The third kappa shape index (κ3) is 3.13. The molecule has 0 bridgehead atoms. The topological polar surface area (TPSA) is 40.5 Å². The number of hydrogen-bond donors (Lipinski definition) is 2. The first-order chi connectivity index (χ1) is 9.27. The van der Waals surface area contributed by atoms with Gasteiger partial charge in [-0.2, -0.15) is 0 Å². The number of hydrogen-bond acceptors (Lipinski definition) is 2. The average Bonchev–Trinajstić information content (AvgIpc) is 2.35. The highest BCUT2D eigenvalue weighted by Gasteiger charge is 2.20. The second-order valence-corrected chi connectivity index (χ2v) is 6.40. The van der Waals surface area contributed by atoms with Crippen molar-refractivity contribution in [1.29, 1.82) is 0 Å². The predicted molar refractivity (Wildman–Crippen MR) is 82.5 cm³/mol. The number of benzene rings is 2. The SMILES string of the molecule is Cc1cc(Cc2ccc(O)cc2)cc(C(C)(C)C)c1O. The van der Waals surface area contributed by atoms with Crippen LogP contribution in [-0.2, 0) is 11.8 Å². The molecule has 0 saturated heterocycles. The zero-order valence-electron chi connectivity index (χ0n) is 12.6. The summed E-state index contributed by atoms with van der Waals surface area (Å²) >= 11 is 0. The highest BCUT2D eigenvalue weighted by molar-refractivity contribution is 5.47. The molecular formula is C18H22O2. The van der Waals surface area contributed by atoms with E-state index in [4.69, 9.17) is 0 Å². The van der Waals surface area contributed by atoms with Crippen LogP contribution in [0.1, 0.15) is 43.0 Å². The maximum Gasteiger partial charge on any atom is 0.122 e. The highest BCUT2D eigenvalue weighted by atomic mass is 16.3. The molecule has 0 spiro atoms. The van der Waals surface area contributed by atoms with Crippen LogP contribution >= 0.6 is 0 Å². The van der Waals surface area contributed by atoms with Crippen molar-refractivity contribution in [2.24, 2.45) is 0 Å². The molecule has 0 aliphatic heterocycles. The van der Waals surface area contributed by atoms with Gasteiger partial charge in [0.25, 0.3) is 0 Å². The van der Waals surface area contributed by atoms with E-state index in [0.29, 0.717) is 5.75 Å². The van der Waals surface area contributed by atoms with Crippen molar-refractivity contribution in [2.75, 3.05) is 0 Å². The Bertz CT molecular complexity index is 605. The summed E-state index contributed by atoms with van der Waals surface area (Å²) in [6, 6.07) is 11.4. The van der Waals surface area contributed by atoms with Crippen LogP contribution in [0, 0.1) is 6.92 Å². The molecule has 0 amide bonds. The molecule has 2 N–H and O–H groups in total. The van der Waals surface area contributed by atoms with Crippen molar-refractivity contribution < 1.29 is 10.2 Å². The fourth-order valence-electron chi connectivity index (χ4n) is 2.38. The van der Waals surface area contributed by atoms with Crippen LogP contribution in [0.5, 0.6) is 11.5 Å². The molecule has 2 rings (SSSR count). The van der Waals surface area contributed by atoms with Crippen molar-refractivity contribution in [3.8, 4) is 11.5 Å². The third-order valence-corrected chi connectivity index (χ3v) is 3.51. The quantitative estimate of drug-likeness (QED) is 0.854. The maximum absolute atomic E-state index is 10.2. The Hall–Kier alpha value is -1.96. The van der Waals surface area contributed by atoms with Gasteiger partial charge in [-0.1, -0.05) is 45.0 Å². The van der Waals surface area contributed by atoms with Gasteiger partial charge in [-0.25, -0.2) is 0 Å². The summed E-state index contributed by atoms with van der Waals surface area (Å²) in [7, 11) is 0. The first-order valence-electron chi connectivity index (χ1n) is 6.88. The molecule has 106 valence electrons. The number of aromatic hydroxyl groups is 2. The summed E-state index contributed by atoms with van der Waals surface area (Å²) < 4.78 is 0. The Morgan fingerprint density at radius 1 is 0.900 bits per heavy atom. The molecule has 2 aromatic rings. The summed E-state index contributed by atoms with van der Waals surface area (Å²) in [4.78, 5) is 0. The summed E-state index contributed by atoms with van der Waals surface area (Å²) in [5, 5.41) is 19.5. The maximum atomic E-state index is 10.2. The Labute approximate surface area is 120 Å². The molecule has 0 radical (unpaired) electrons. The number of rotatable bonds is 2. The molecule has 2 nitrogen and oxygen atoms in total. The molecule has 2 aromatic carbocycles. The molecule has 0 aliphatic rings. The lowest BCUT2D eigenvalue weighted by molar-refractivity contribution is 0.442. The largest absolute Gasteiger partial charge is 0.508 e. The minimum absolute atomic E-state index is 0.0835. The molecule has 0 fully saturated rings. The number of phenolic OH excluding ortho intramolecular Hbond substituents is 2. The molecule has 0 heterocycles. The molecular weight excluding hydrogens is 248 g/mol. The van der Waals surface area contributed by atoms with Crippen molar-refractivity contribution in [1.82, 2.24) is 0 Å². The van der Waals surface area contributed by atoms with Crippen molar-refractivity contribution in [2.45, 2.75) is 39.5 Å². The van der Waals surface area contributed by atoms with E-state index >= 15 is 0 Å². The first kappa shape index (κ1) is 14.4. The fraction of sp³-hybridized carbons (Fsp3) is 0.333. The van der Waals surface area contributed by atoms with Gasteiger partial charge in [0.15, 0.2) is 0 Å². The van der Waals surface area contributed by atoms with Gasteiger partial charge in [-0.15, -0.1) is 0 Å². The Morgan fingerprint density at radius 3 is 2.05 bits per heavy atom. The molecule has 2 heteroatoms. The van der Waals surface area contributed by atoms with E-state index in [-0.39, 0.29) is 11.2 Å². The van der Waals surface area contributed by atoms with Gasteiger partial charge in [0, 0.05) is 0 Å². The van der Waals surface area contributed by atoms with Crippen LogP contribution in [-0.4, -0.2) is 10.2 Å². The monoisotopic (exact) mass is 270 g/mol. The zero-order chi connectivity index (χ0) is 14.9. The smallest absolute Gasteiger partial charge is 0.122 e. The summed E-state index contributed by atoms with van der Waals surface area (Å²) in [6.45, 7) is 8.24. The van der Waals surface area contributed by atoms with Crippen LogP contribution in [0.3, 0.4) is 0 Å². The summed E-state index contributed by atoms with van der Waals surface area (Å²) in [5.41, 5.74) is 4.13. The van der Waals surface area contributed by atoms with Crippen LogP contribution in [0.4, 0.5) is 0 Å². The fourth-order valence-corrected chi connectivity index (χ4v) is 2.38. The van der Waals surface area contributed by atoms with E-state index in [1.54, 1.807) is 12.1 Å². The highest BCUT2D eigenvalue weighted by Crippen LogP contribution is 2.34. The van der Waals surface area contributed by atoms with Crippen LogP contribution in [0.2, 0.25) is 0 Å². The van der Waals surface area contributed by atoms with E-state index in [2.05, 4.69) is 26.8 Å². The summed E-state index contributed by atoms with van der Waals surface area (Å²) in [6.07, 6.45) is 0.796. The predicted octanol–water partition coefficient (Wildman–Crippen LogP) is 4.29. The van der Waals surface area contributed by atoms with E-state index in [9.17, 15) is 10.2 Å². The van der Waals surface area contributed by atoms with Crippen molar-refractivity contribution >= 4 is 0 Å². The third-order valence-electron chi connectivity index (χ3n) is 3.51. The molecule has 0 saturated carbocycles. The standard InChI is InChI=1S/C18H22O2/c1-12-9-14(10-13-5-7-15(19)8-6-13)11-16(17(12)20)18(2,3)4/h5-9,11,19-20H,10H2,1-4H3. The summed E-state index contributed by atoms with van der Waals surface area (Å²) in [5.74, 6) is 0.679. The van der Waals surface area contributed by atoms with Gasteiger partial charge in [-0.3, -0.25) is 0 Å². The van der Waals surface area contributed by atoms with Gasteiger partial charge in [0.2, 0.25) is 0 Å². The van der Waals surface area contributed by atoms with Crippen molar-refractivity contribution in [3.05, 3.63) is 58.7 Å². The first-order valence-corrected chi connectivity index (χ1v) is 6.88. The molecule has 0 unspecified atom stereocenters. The van der Waals surface area contributed by atoms with Crippen LogP contribution in [0.15, 0.2) is 36.4 Å². The lowest BCUT2D eigenvalue weighted by atomic mass is 9.83. The Morgan fingerprint density at radius 2 is 1.50 bits per heavy atom. The van der Waals surface area contributed by atoms with Gasteiger partial charge < -0.3 is 10.2 Å². The normalized spacial score (nSPS) is 11.6. The number of aryl methyl sites for hydroxylation is 1.